The van der Waals surface area contributed by atoms with E-state index in [0.717, 1.165) is 40.1 Å². The number of aromatic nitrogens is 6. The molecule has 7 nitrogen and oxygen atoms in total. The van der Waals surface area contributed by atoms with Crippen LogP contribution in [0.3, 0.4) is 0 Å². The van der Waals surface area contributed by atoms with Crippen LogP contribution in [0.25, 0.3) is 56.1 Å². The topological polar surface area (TPSA) is 101 Å². The third-order valence-corrected chi connectivity index (χ3v) is 8.87. The molecule has 3 aromatic heterocycles. The molecule has 3 heterocycles. The highest BCUT2D eigenvalue weighted by Gasteiger charge is 2.20. The van der Waals surface area contributed by atoms with Gasteiger partial charge in [0.15, 0.2) is 17.5 Å². The second-order valence-electron chi connectivity index (χ2n) is 13.8. The summed E-state index contributed by atoms with van der Waals surface area (Å²) in [5.41, 5.74) is 9.41. The van der Waals surface area contributed by atoms with Gasteiger partial charge in [-0.3, -0.25) is 0 Å². The summed E-state index contributed by atoms with van der Waals surface area (Å²) in [6, 6.07) is 34.2. The standard InChI is InChI=1S/C44H39N7/c1-28(2)18-36-22-35(32-10-6-5-7-11-32)16-17-37(36)43-48-27-39(41(51-43)21-30-14-15-33-12-8-9-13-34(33)20-30)44-49-26-38(40(50-44)19-29(3)4)42-46-24-31(23-45)25-47-42/h5-17,20,22,24-29H,18-19,21H2,1-4H3. The van der Waals surface area contributed by atoms with Crippen LogP contribution in [0.1, 0.15) is 55.8 Å². The van der Waals surface area contributed by atoms with Crippen LogP contribution in [0, 0.1) is 23.2 Å². The molecular weight excluding hydrogens is 627 g/mol. The molecule has 0 fully saturated rings. The molecule has 0 atom stereocenters. The number of nitrogens with zero attached hydrogens (tertiary/aromatic N) is 7. The first-order chi connectivity index (χ1) is 24.8. The molecular formula is C44H39N7. The zero-order valence-corrected chi connectivity index (χ0v) is 29.4. The molecule has 7 rings (SSSR count). The van der Waals surface area contributed by atoms with E-state index in [1.54, 1.807) is 6.20 Å². The van der Waals surface area contributed by atoms with Gasteiger partial charge in [0.1, 0.15) is 6.07 Å². The fourth-order valence-electron chi connectivity index (χ4n) is 6.44. The van der Waals surface area contributed by atoms with Crippen molar-refractivity contribution in [1.82, 2.24) is 29.9 Å². The van der Waals surface area contributed by atoms with Gasteiger partial charge in [0.2, 0.25) is 0 Å². The summed E-state index contributed by atoms with van der Waals surface area (Å²) in [6.45, 7) is 8.80. The molecule has 0 aliphatic carbocycles. The largest absolute Gasteiger partial charge is 0.236 e. The summed E-state index contributed by atoms with van der Waals surface area (Å²) in [5, 5.41) is 11.6. The van der Waals surface area contributed by atoms with Crippen molar-refractivity contribution in [1.29, 1.82) is 5.26 Å². The highest BCUT2D eigenvalue weighted by atomic mass is 14.9. The highest BCUT2D eigenvalue weighted by Crippen LogP contribution is 2.32. The molecule has 51 heavy (non-hydrogen) atoms. The van der Waals surface area contributed by atoms with Gasteiger partial charge in [-0.2, -0.15) is 5.26 Å². The van der Waals surface area contributed by atoms with Gasteiger partial charge >= 0.3 is 0 Å². The Morgan fingerprint density at radius 2 is 1.18 bits per heavy atom. The number of rotatable bonds is 10. The molecule has 0 unspecified atom stereocenters. The molecule has 7 heteroatoms. The molecule has 0 N–H and O–H groups in total. The first-order valence-electron chi connectivity index (χ1n) is 17.5. The van der Waals surface area contributed by atoms with E-state index in [-0.39, 0.29) is 0 Å². The van der Waals surface area contributed by atoms with Crippen molar-refractivity contribution < 1.29 is 0 Å². The highest BCUT2D eigenvalue weighted by molar-refractivity contribution is 5.83. The number of hydrogen-bond donors (Lipinski definition) is 0. The summed E-state index contributed by atoms with van der Waals surface area (Å²) in [5.74, 6) is 2.54. The fourth-order valence-corrected chi connectivity index (χ4v) is 6.44. The third-order valence-electron chi connectivity index (χ3n) is 8.87. The van der Waals surface area contributed by atoms with E-state index in [1.807, 2.05) is 12.3 Å². The average Bonchev–Trinajstić information content (AvgIpc) is 3.15. The Kier molecular flexibility index (Phi) is 9.67. The van der Waals surface area contributed by atoms with Crippen molar-refractivity contribution in [2.24, 2.45) is 11.8 Å². The Morgan fingerprint density at radius 1 is 0.549 bits per heavy atom. The maximum atomic E-state index is 9.26. The Hall–Kier alpha value is -6.13. The number of benzene rings is 4. The molecule has 0 spiro atoms. The van der Waals surface area contributed by atoms with Crippen molar-refractivity contribution in [2.75, 3.05) is 0 Å². The minimum absolute atomic E-state index is 0.332. The molecule has 0 aliphatic rings. The van der Waals surface area contributed by atoms with Crippen molar-refractivity contribution in [3.05, 3.63) is 144 Å². The molecule has 0 radical (unpaired) electrons. The molecule has 4 aromatic carbocycles. The van der Waals surface area contributed by atoms with E-state index in [4.69, 9.17) is 19.9 Å². The summed E-state index contributed by atoms with van der Waals surface area (Å²) in [6.07, 6.45) is 8.93. The van der Waals surface area contributed by atoms with Gasteiger partial charge in [0.05, 0.1) is 28.1 Å². The third kappa shape index (κ3) is 7.56. The van der Waals surface area contributed by atoms with Gasteiger partial charge in [0.25, 0.3) is 0 Å². The average molecular weight is 666 g/mol. The molecule has 0 saturated carbocycles. The van der Waals surface area contributed by atoms with E-state index in [9.17, 15) is 5.26 Å². The maximum Gasteiger partial charge on any atom is 0.162 e. The summed E-state index contributed by atoms with van der Waals surface area (Å²) < 4.78 is 0. The van der Waals surface area contributed by atoms with Gasteiger partial charge in [0, 0.05) is 36.8 Å². The SMILES string of the molecule is CC(C)Cc1cc(-c2ccccc2)ccc1-c1ncc(-c2ncc(-c3ncc(C#N)cn3)c(CC(C)C)n2)c(Cc2ccc3ccccc3c2)n1. The van der Waals surface area contributed by atoms with E-state index in [1.165, 1.54) is 39.9 Å². The molecule has 0 bridgehead atoms. The van der Waals surface area contributed by atoms with E-state index in [2.05, 4.69) is 129 Å². The van der Waals surface area contributed by atoms with Crippen LogP contribution in [-0.2, 0) is 19.3 Å². The van der Waals surface area contributed by atoms with Gasteiger partial charge in [-0.15, -0.1) is 0 Å². The predicted molar refractivity (Wildman–Crippen MR) is 204 cm³/mol. The van der Waals surface area contributed by atoms with Crippen LogP contribution >= 0.6 is 0 Å². The maximum absolute atomic E-state index is 9.26. The Labute approximate surface area is 299 Å². The second kappa shape index (κ2) is 14.8. The summed E-state index contributed by atoms with van der Waals surface area (Å²) in [7, 11) is 0. The van der Waals surface area contributed by atoms with Crippen molar-refractivity contribution in [3.63, 3.8) is 0 Å². The number of fused-ring (bicyclic) bond motifs is 1. The summed E-state index contributed by atoms with van der Waals surface area (Å²) in [4.78, 5) is 29.2. The van der Waals surface area contributed by atoms with Crippen molar-refractivity contribution >= 4 is 10.8 Å². The molecule has 0 amide bonds. The molecule has 7 aromatic rings. The molecule has 250 valence electrons. The lowest BCUT2D eigenvalue weighted by atomic mass is 9.93. The predicted octanol–water partition coefficient (Wildman–Crippen LogP) is 9.74. The van der Waals surface area contributed by atoms with Crippen molar-refractivity contribution in [2.45, 2.75) is 47.0 Å². The number of nitriles is 1. The normalized spacial score (nSPS) is 11.3. The number of hydrogen-bond acceptors (Lipinski definition) is 7. The zero-order chi connectivity index (χ0) is 35.3. The van der Waals surface area contributed by atoms with Gasteiger partial charge in [-0.25, -0.2) is 29.9 Å². The lowest BCUT2D eigenvalue weighted by molar-refractivity contribution is 0.635. The quantitative estimate of drug-likeness (QED) is 0.143. The van der Waals surface area contributed by atoms with E-state index in [0.29, 0.717) is 47.7 Å². The smallest absolute Gasteiger partial charge is 0.162 e. The van der Waals surface area contributed by atoms with Gasteiger partial charge < -0.3 is 0 Å². The van der Waals surface area contributed by atoms with Crippen LogP contribution in [0.2, 0.25) is 0 Å². The minimum atomic E-state index is 0.332. The zero-order valence-electron chi connectivity index (χ0n) is 29.4. The van der Waals surface area contributed by atoms with Gasteiger partial charge in [-0.05, 0) is 57.7 Å². The Bertz CT molecular complexity index is 2360. The van der Waals surface area contributed by atoms with Crippen LogP contribution < -0.4 is 0 Å². The minimum Gasteiger partial charge on any atom is -0.236 e. The Balaban J connectivity index is 1.36. The lowest BCUT2D eigenvalue weighted by Crippen LogP contribution is -2.08. The van der Waals surface area contributed by atoms with Crippen LogP contribution in [0.5, 0.6) is 0 Å². The molecule has 0 saturated heterocycles. The fraction of sp³-hybridized carbons (Fsp3) is 0.205. The van der Waals surface area contributed by atoms with Gasteiger partial charge in [-0.1, -0.05) is 119 Å². The van der Waals surface area contributed by atoms with Crippen molar-refractivity contribution in [3.8, 4) is 51.4 Å². The lowest BCUT2D eigenvalue weighted by Gasteiger charge is -2.16. The first kappa shape index (κ1) is 33.4. The van der Waals surface area contributed by atoms with Crippen LogP contribution in [0.4, 0.5) is 0 Å². The van der Waals surface area contributed by atoms with E-state index < -0.39 is 0 Å². The first-order valence-corrected chi connectivity index (χ1v) is 17.5. The second-order valence-corrected chi connectivity index (χ2v) is 13.8. The van der Waals surface area contributed by atoms with Crippen LogP contribution in [-0.4, -0.2) is 29.9 Å². The summed E-state index contributed by atoms with van der Waals surface area (Å²) >= 11 is 0. The van der Waals surface area contributed by atoms with Crippen LogP contribution in [0.15, 0.2) is 116 Å². The van der Waals surface area contributed by atoms with E-state index >= 15 is 0 Å². The Morgan fingerprint density at radius 3 is 1.88 bits per heavy atom. The monoisotopic (exact) mass is 665 g/mol. The molecule has 0 aliphatic heterocycles.